The van der Waals surface area contributed by atoms with Crippen LogP contribution in [0.4, 0.5) is 10.3 Å². The fraction of sp³-hybridized carbons (Fsp3) is 0.233. The number of ether oxygens (including phenoxy) is 3. The third-order valence-corrected chi connectivity index (χ3v) is 7.10. The number of carbonyl (C=O) groups excluding carboxylic acids is 1. The molecule has 2 heterocycles. The molecular weight excluding hydrogens is 531 g/mol. The van der Waals surface area contributed by atoms with Crippen LogP contribution >= 0.6 is 11.8 Å². The number of thioether (sulfide) groups is 1. The molecule has 4 aromatic rings. The molecule has 1 aromatic heterocycles. The Morgan fingerprint density at radius 3 is 2.58 bits per heavy atom. The van der Waals surface area contributed by atoms with E-state index in [0.717, 1.165) is 16.9 Å². The van der Waals surface area contributed by atoms with E-state index in [1.54, 1.807) is 35.0 Å². The summed E-state index contributed by atoms with van der Waals surface area (Å²) in [6.07, 6.45) is 0. The molecule has 8 nitrogen and oxygen atoms in total. The van der Waals surface area contributed by atoms with Gasteiger partial charge in [-0.25, -0.2) is 13.9 Å². The summed E-state index contributed by atoms with van der Waals surface area (Å²) in [5.74, 6) is 1.39. The molecule has 5 rings (SSSR count). The van der Waals surface area contributed by atoms with E-state index in [4.69, 9.17) is 19.3 Å². The number of aromatic nitrogens is 3. The Balaban J connectivity index is 1.48. The van der Waals surface area contributed by atoms with Crippen molar-refractivity contribution < 1.29 is 23.4 Å². The molecular formula is C30H29FN4O4S. The van der Waals surface area contributed by atoms with Crippen molar-refractivity contribution in [1.29, 1.82) is 0 Å². The van der Waals surface area contributed by atoms with Crippen molar-refractivity contribution in [1.82, 2.24) is 14.8 Å². The van der Waals surface area contributed by atoms with Crippen LogP contribution in [0.2, 0.25) is 0 Å². The zero-order chi connectivity index (χ0) is 28.1. The molecule has 0 bridgehead atoms. The lowest BCUT2D eigenvalue weighted by molar-refractivity contribution is -0.140. The van der Waals surface area contributed by atoms with Gasteiger partial charge in [0.05, 0.1) is 12.7 Å². The van der Waals surface area contributed by atoms with Crippen LogP contribution in [0.5, 0.6) is 11.5 Å². The molecule has 1 unspecified atom stereocenters. The van der Waals surface area contributed by atoms with Crippen LogP contribution in [0.15, 0.2) is 89.2 Å². The maximum absolute atomic E-state index is 14.1. The number of hydrogen-bond acceptors (Lipinski definition) is 8. The molecule has 0 spiro atoms. The number of methoxy groups -OCH3 is 1. The minimum atomic E-state index is -0.632. The number of rotatable bonds is 10. The molecule has 0 saturated carbocycles. The van der Waals surface area contributed by atoms with Crippen molar-refractivity contribution >= 4 is 23.7 Å². The van der Waals surface area contributed by atoms with E-state index in [9.17, 15) is 9.18 Å². The molecule has 1 aliphatic heterocycles. The first kappa shape index (κ1) is 27.3. The van der Waals surface area contributed by atoms with E-state index in [1.807, 2.05) is 50.2 Å². The number of esters is 1. The maximum Gasteiger partial charge on any atom is 0.338 e. The van der Waals surface area contributed by atoms with E-state index in [-0.39, 0.29) is 19.0 Å². The number of hydrogen-bond donors (Lipinski definition) is 1. The third kappa shape index (κ3) is 5.81. The van der Waals surface area contributed by atoms with Gasteiger partial charge in [0.15, 0.2) is 11.5 Å². The Morgan fingerprint density at radius 1 is 1.05 bits per heavy atom. The van der Waals surface area contributed by atoms with Gasteiger partial charge in [0, 0.05) is 11.3 Å². The van der Waals surface area contributed by atoms with E-state index >= 15 is 0 Å². The normalized spacial score (nSPS) is 14.3. The summed E-state index contributed by atoms with van der Waals surface area (Å²) in [4.78, 5) is 18.2. The lowest BCUT2D eigenvalue weighted by Gasteiger charge is -2.28. The molecule has 0 amide bonds. The van der Waals surface area contributed by atoms with E-state index < -0.39 is 12.0 Å². The highest BCUT2D eigenvalue weighted by Crippen LogP contribution is 2.40. The van der Waals surface area contributed by atoms with Crippen LogP contribution in [0.25, 0.3) is 0 Å². The smallest absolute Gasteiger partial charge is 0.338 e. The molecule has 0 fully saturated rings. The van der Waals surface area contributed by atoms with Crippen molar-refractivity contribution in [3.05, 3.63) is 107 Å². The molecule has 1 aliphatic rings. The van der Waals surface area contributed by atoms with E-state index in [0.29, 0.717) is 39.4 Å². The van der Waals surface area contributed by atoms with Crippen LogP contribution in [0, 0.1) is 5.82 Å². The first-order valence-corrected chi connectivity index (χ1v) is 13.8. The second-order valence-corrected chi connectivity index (χ2v) is 10.2. The first-order valence-electron chi connectivity index (χ1n) is 12.8. The van der Waals surface area contributed by atoms with Crippen molar-refractivity contribution in [2.24, 2.45) is 0 Å². The van der Waals surface area contributed by atoms with Crippen LogP contribution in [-0.2, 0) is 22.7 Å². The monoisotopic (exact) mass is 560 g/mol. The lowest BCUT2D eigenvalue weighted by Crippen LogP contribution is -2.29. The molecule has 3 aromatic carbocycles. The molecule has 10 heteroatoms. The van der Waals surface area contributed by atoms with Crippen LogP contribution < -0.4 is 14.8 Å². The highest BCUT2D eigenvalue weighted by Gasteiger charge is 2.36. The average Bonchev–Trinajstić information content (AvgIpc) is 3.37. The highest BCUT2D eigenvalue weighted by atomic mass is 32.2. The minimum absolute atomic E-state index is 0.0383. The van der Waals surface area contributed by atoms with Crippen LogP contribution in [0.3, 0.4) is 0 Å². The number of nitrogens with one attached hydrogen (secondary N) is 1. The van der Waals surface area contributed by atoms with Crippen molar-refractivity contribution in [2.45, 2.75) is 38.3 Å². The quantitative estimate of drug-likeness (QED) is 0.183. The highest BCUT2D eigenvalue weighted by molar-refractivity contribution is 7.99. The molecule has 0 saturated heterocycles. The fourth-order valence-corrected chi connectivity index (χ4v) is 4.99. The molecule has 0 radical (unpaired) electrons. The van der Waals surface area contributed by atoms with Gasteiger partial charge in [-0.15, -0.1) is 5.10 Å². The Hall–Kier alpha value is -4.31. The number of carbonyl (C=O) groups is 1. The minimum Gasteiger partial charge on any atom is -0.493 e. The number of fused-ring (bicyclic) bond motifs is 1. The van der Waals surface area contributed by atoms with Crippen molar-refractivity contribution in [3.63, 3.8) is 0 Å². The summed E-state index contributed by atoms with van der Waals surface area (Å²) >= 11 is 1.51. The van der Waals surface area contributed by atoms with Gasteiger partial charge in [0.25, 0.3) is 0 Å². The molecule has 40 heavy (non-hydrogen) atoms. The summed E-state index contributed by atoms with van der Waals surface area (Å²) in [5.41, 5.74) is 3.07. The summed E-state index contributed by atoms with van der Waals surface area (Å²) in [6.45, 7) is 4.02. The molecule has 0 aliphatic carbocycles. The summed E-state index contributed by atoms with van der Waals surface area (Å²) < 4.78 is 33.1. The maximum atomic E-state index is 14.1. The number of halogens is 1. The lowest BCUT2D eigenvalue weighted by atomic mass is 9.95. The van der Waals surface area contributed by atoms with Crippen molar-refractivity contribution in [2.75, 3.05) is 18.2 Å². The number of allylic oxidation sites excluding steroid dienone is 1. The third-order valence-electron chi connectivity index (χ3n) is 6.38. The summed E-state index contributed by atoms with van der Waals surface area (Å²) in [7, 11) is 1.53. The van der Waals surface area contributed by atoms with E-state index in [2.05, 4.69) is 10.3 Å². The fourth-order valence-electron chi connectivity index (χ4n) is 4.44. The molecule has 1 N–H and O–H groups in total. The van der Waals surface area contributed by atoms with Gasteiger partial charge < -0.3 is 19.5 Å². The number of anilines is 1. The standard InChI is InChI=1S/C30H29FN4O4S/c1-4-40-30-33-29-32-19(2)26(28(36)39-17-20-10-6-5-7-11-20)27(35(29)34-30)21-14-15-24(25(16-21)37-3)38-18-22-12-8-9-13-23(22)31/h5-16,27H,4,17-18H2,1-3H3,(H,32,33,34). The van der Waals surface area contributed by atoms with Gasteiger partial charge in [-0.1, -0.05) is 73.3 Å². The van der Waals surface area contributed by atoms with Gasteiger partial charge in [0.2, 0.25) is 11.1 Å². The zero-order valence-corrected chi connectivity index (χ0v) is 23.2. The van der Waals surface area contributed by atoms with Gasteiger partial charge in [0.1, 0.15) is 25.1 Å². The van der Waals surface area contributed by atoms with Gasteiger partial charge in [-0.2, -0.15) is 4.98 Å². The Bertz CT molecular complexity index is 1540. The van der Waals surface area contributed by atoms with Gasteiger partial charge in [-0.05, 0) is 42.0 Å². The second kappa shape index (κ2) is 12.3. The Morgan fingerprint density at radius 2 is 1.82 bits per heavy atom. The predicted molar refractivity (Wildman–Crippen MR) is 151 cm³/mol. The SMILES string of the molecule is CCSc1nc2n(n1)C(c1ccc(OCc3ccccc3F)c(OC)c1)C(C(=O)OCc1ccccc1)=C(C)N2. The topological polar surface area (TPSA) is 87.5 Å². The average molecular weight is 561 g/mol. The van der Waals surface area contributed by atoms with Gasteiger partial charge in [-0.3, -0.25) is 0 Å². The van der Waals surface area contributed by atoms with Crippen LogP contribution in [0.1, 0.15) is 36.6 Å². The molecule has 1 atom stereocenters. The summed E-state index contributed by atoms with van der Waals surface area (Å²) in [5, 5.41) is 8.51. The van der Waals surface area contributed by atoms with Gasteiger partial charge >= 0.3 is 5.97 Å². The Labute approximate surface area is 236 Å². The number of nitrogens with zero attached hydrogens (tertiary/aromatic N) is 3. The predicted octanol–water partition coefficient (Wildman–Crippen LogP) is 6.15. The largest absolute Gasteiger partial charge is 0.493 e. The van der Waals surface area contributed by atoms with Crippen molar-refractivity contribution in [3.8, 4) is 11.5 Å². The molecule has 206 valence electrons. The summed E-state index contributed by atoms with van der Waals surface area (Å²) in [6, 6.07) is 20.7. The van der Waals surface area contributed by atoms with Crippen LogP contribution in [-0.4, -0.2) is 33.6 Å². The number of benzene rings is 3. The Kier molecular flexibility index (Phi) is 8.35. The second-order valence-electron chi connectivity index (χ2n) is 9.01. The first-order chi connectivity index (χ1) is 19.5. The zero-order valence-electron chi connectivity index (χ0n) is 22.4. The van der Waals surface area contributed by atoms with E-state index in [1.165, 1.54) is 24.9 Å².